The zero-order valence-corrected chi connectivity index (χ0v) is 16.8. The van der Waals surface area contributed by atoms with E-state index in [4.69, 9.17) is 15.9 Å². The van der Waals surface area contributed by atoms with Gasteiger partial charge >= 0.3 is 11.9 Å². The lowest BCUT2D eigenvalue weighted by atomic mass is 10.0. The number of benzene rings is 1. The van der Waals surface area contributed by atoms with Crippen molar-refractivity contribution in [1.82, 2.24) is 16.0 Å². The zero-order chi connectivity index (χ0) is 23.6. The molecule has 31 heavy (non-hydrogen) atoms. The number of amides is 3. The van der Waals surface area contributed by atoms with E-state index in [1.165, 1.54) is 31.2 Å². The number of aromatic hydroxyl groups is 1. The van der Waals surface area contributed by atoms with Crippen molar-refractivity contribution in [1.29, 1.82) is 0 Å². The van der Waals surface area contributed by atoms with Crippen molar-refractivity contribution in [2.75, 3.05) is 6.54 Å². The first kappa shape index (κ1) is 25.4. The van der Waals surface area contributed by atoms with Gasteiger partial charge in [0, 0.05) is 12.8 Å². The first-order valence-corrected chi connectivity index (χ1v) is 9.35. The number of phenolic OH excluding ortho intramolecular Hbond substituents is 1. The number of phenols is 1. The molecule has 0 saturated heterocycles. The third-order valence-electron chi connectivity index (χ3n) is 4.12. The molecule has 3 atom stereocenters. The van der Waals surface area contributed by atoms with Gasteiger partial charge in [-0.15, -0.1) is 0 Å². The van der Waals surface area contributed by atoms with Crippen molar-refractivity contribution in [2.24, 2.45) is 5.73 Å². The second-order valence-electron chi connectivity index (χ2n) is 6.83. The molecule has 0 aliphatic heterocycles. The monoisotopic (exact) mass is 438 g/mol. The standard InChI is InChI=1S/C19H26N4O8/c1-10(20)17(29)22-13(6-7-15(25)26)19(31)23-14(18(30)21-9-16(27)28)8-11-2-4-12(24)5-3-11/h2-5,10,13-14,24H,6-9,20H2,1H3,(H,21,30)(H,22,29)(H,23,31)(H,25,26)(H,27,28). The van der Waals surface area contributed by atoms with Gasteiger partial charge in [0.2, 0.25) is 17.7 Å². The summed E-state index contributed by atoms with van der Waals surface area (Å²) < 4.78 is 0. The molecule has 0 aliphatic rings. The van der Waals surface area contributed by atoms with Gasteiger partial charge in [-0.3, -0.25) is 24.0 Å². The molecule has 3 amide bonds. The molecular weight excluding hydrogens is 412 g/mol. The van der Waals surface area contributed by atoms with Crippen LogP contribution in [0.15, 0.2) is 24.3 Å². The smallest absolute Gasteiger partial charge is 0.322 e. The Kier molecular flexibility index (Phi) is 9.92. The first-order valence-electron chi connectivity index (χ1n) is 9.35. The van der Waals surface area contributed by atoms with Crippen LogP contribution in [0.4, 0.5) is 0 Å². The number of carbonyl (C=O) groups excluding carboxylic acids is 3. The number of aliphatic carboxylic acids is 2. The molecule has 12 heteroatoms. The molecule has 0 saturated carbocycles. The van der Waals surface area contributed by atoms with Crippen molar-refractivity contribution in [3.63, 3.8) is 0 Å². The predicted octanol–water partition coefficient (Wildman–Crippen LogP) is -1.68. The average molecular weight is 438 g/mol. The molecule has 0 aliphatic carbocycles. The lowest BCUT2D eigenvalue weighted by Crippen LogP contribution is -2.56. The fourth-order valence-corrected chi connectivity index (χ4v) is 2.48. The quantitative estimate of drug-likeness (QED) is 0.198. The van der Waals surface area contributed by atoms with E-state index in [0.717, 1.165) is 0 Å². The number of rotatable bonds is 12. The maximum atomic E-state index is 12.7. The molecule has 0 heterocycles. The van der Waals surface area contributed by atoms with E-state index in [0.29, 0.717) is 5.56 Å². The van der Waals surface area contributed by atoms with Crippen molar-refractivity contribution in [3.8, 4) is 5.75 Å². The minimum atomic E-state index is -1.29. The van der Waals surface area contributed by atoms with Crippen molar-refractivity contribution in [3.05, 3.63) is 29.8 Å². The Hall–Kier alpha value is -3.67. The fraction of sp³-hybridized carbons (Fsp3) is 0.421. The molecule has 12 nitrogen and oxygen atoms in total. The Morgan fingerprint density at radius 2 is 1.48 bits per heavy atom. The van der Waals surface area contributed by atoms with E-state index < -0.39 is 60.8 Å². The van der Waals surface area contributed by atoms with E-state index >= 15 is 0 Å². The van der Waals surface area contributed by atoms with E-state index in [9.17, 15) is 29.1 Å². The molecule has 1 rings (SSSR count). The van der Waals surface area contributed by atoms with Crippen molar-refractivity contribution < 1.29 is 39.3 Å². The summed E-state index contributed by atoms with van der Waals surface area (Å²) in [7, 11) is 0. The van der Waals surface area contributed by atoms with Gasteiger partial charge in [0.1, 0.15) is 24.4 Å². The summed E-state index contributed by atoms with van der Waals surface area (Å²) in [5.41, 5.74) is 6.02. The molecule has 0 bridgehead atoms. The zero-order valence-electron chi connectivity index (χ0n) is 16.8. The highest BCUT2D eigenvalue weighted by Gasteiger charge is 2.28. The van der Waals surface area contributed by atoms with Gasteiger partial charge in [-0.2, -0.15) is 0 Å². The molecule has 0 radical (unpaired) electrons. The van der Waals surface area contributed by atoms with Gasteiger partial charge in [-0.1, -0.05) is 12.1 Å². The number of nitrogens with two attached hydrogens (primary N) is 1. The van der Waals surface area contributed by atoms with E-state index in [1.54, 1.807) is 0 Å². The molecule has 170 valence electrons. The SMILES string of the molecule is CC(N)C(=O)NC(CCC(=O)O)C(=O)NC(Cc1ccc(O)cc1)C(=O)NCC(=O)O. The molecule has 0 spiro atoms. The highest BCUT2D eigenvalue weighted by molar-refractivity contribution is 5.93. The Morgan fingerprint density at radius 3 is 2.00 bits per heavy atom. The molecule has 8 N–H and O–H groups in total. The van der Waals surface area contributed by atoms with Gasteiger partial charge in [0.25, 0.3) is 0 Å². The minimum Gasteiger partial charge on any atom is -0.508 e. The van der Waals surface area contributed by atoms with Crippen LogP contribution in [0.2, 0.25) is 0 Å². The third kappa shape index (κ3) is 9.58. The van der Waals surface area contributed by atoms with Crippen LogP contribution in [0.5, 0.6) is 5.75 Å². The summed E-state index contributed by atoms with van der Waals surface area (Å²) in [6.07, 6.45) is -0.724. The Morgan fingerprint density at radius 1 is 0.903 bits per heavy atom. The number of nitrogens with one attached hydrogen (secondary N) is 3. The average Bonchev–Trinajstić information content (AvgIpc) is 2.69. The fourth-order valence-electron chi connectivity index (χ4n) is 2.48. The Labute approximate surface area is 177 Å². The van der Waals surface area contributed by atoms with Gasteiger partial charge < -0.3 is 37.0 Å². The van der Waals surface area contributed by atoms with Crippen molar-refractivity contribution in [2.45, 2.75) is 44.3 Å². The van der Waals surface area contributed by atoms with E-state index in [-0.39, 0.29) is 18.6 Å². The Bertz CT molecular complexity index is 810. The van der Waals surface area contributed by atoms with Crippen LogP contribution < -0.4 is 21.7 Å². The molecule has 0 fully saturated rings. The van der Waals surface area contributed by atoms with E-state index in [2.05, 4.69) is 16.0 Å². The van der Waals surface area contributed by atoms with E-state index in [1.807, 2.05) is 0 Å². The second kappa shape index (κ2) is 12.1. The van der Waals surface area contributed by atoms with Crippen LogP contribution >= 0.6 is 0 Å². The van der Waals surface area contributed by atoms with Gasteiger partial charge in [-0.05, 0) is 31.0 Å². The highest BCUT2D eigenvalue weighted by Crippen LogP contribution is 2.12. The molecule has 0 aromatic heterocycles. The number of carbonyl (C=O) groups is 5. The highest BCUT2D eigenvalue weighted by atomic mass is 16.4. The second-order valence-corrected chi connectivity index (χ2v) is 6.83. The number of hydrogen-bond acceptors (Lipinski definition) is 7. The summed E-state index contributed by atoms with van der Waals surface area (Å²) in [6.45, 7) is 0.707. The normalized spacial score (nSPS) is 13.4. The maximum Gasteiger partial charge on any atom is 0.322 e. The number of carboxylic acid groups (broad SMARTS) is 2. The van der Waals surface area contributed by atoms with Crippen molar-refractivity contribution >= 4 is 29.7 Å². The van der Waals surface area contributed by atoms with Crippen LogP contribution in [0.25, 0.3) is 0 Å². The summed E-state index contributed by atoms with van der Waals surface area (Å²) in [5.74, 6) is -4.79. The van der Waals surface area contributed by atoms with Crippen LogP contribution in [-0.4, -0.2) is 69.7 Å². The lowest BCUT2D eigenvalue weighted by molar-refractivity contribution is -0.138. The molecule has 1 aromatic rings. The maximum absolute atomic E-state index is 12.7. The molecule has 1 aromatic carbocycles. The molecular formula is C19H26N4O8. The predicted molar refractivity (Wildman–Crippen MR) is 107 cm³/mol. The van der Waals surface area contributed by atoms with Gasteiger partial charge in [-0.25, -0.2) is 0 Å². The van der Waals surface area contributed by atoms with Crippen LogP contribution in [0, 0.1) is 0 Å². The first-order chi connectivity index (χ1) is 14.5. The summed E-state index contributed by atoms with van der Waals surface area (Å²) >= 11 is 0. The Balaban J connectivity index is 3.01. The third-order valence-corrected chi connectivity index (χ3v) is 4.12. The number of hydrogen-bond donors (Lipinski definition) is 7. The lowest BCUT2D eigenvalue weighted by Gasteiger charge is -2.23. The molecule has 3 unspecified atom stereocenters. The minimum absolute atomic E-state index is 0.00739. The number of carboxylic acids is 2. The van der Waals surface area contributed by atoms with Gasteiger partial charge in [0.05, 0.1) is 6.04 Å². The van der Waals surface area contributed by atoms with Crippen LogP contribution in [0.1, 0.15) is 25.3 Å². The largest absolute Gasteiger partial charge is 0.508 e. The van der Waals surface area contributed by atoms with Gasteiger partial charge in [0.15, 0.2) is 0 Å². The van der Waals surface area contributed by atoms with Crippen LogP contribution in [-0.2, 0) is 30.4 Å². The summed E-state index contributed by atoms with van der Waals surface area (Å²) in [4.78, 5) is 58.7. The topological polar surface area (TPSA) is 208 Å². The van der Waals surface area contributed by atoms with Crippen LogP contribution in [0.3, 0.4) is 0 Å². The summed E-state index contributed by atoms with van der Waals surface area (Å²) in [5, 5.41) is 34.0. The summed E-state index contributed by atoms with van der Waals surface area (Å²) in [6, 6.07) is 2.33.